The van der Waals surface area contributed by atoms with E-state index in [9.17, 15) is 5.11 Å². The number of piperidine rings is 1. The normalized spacial score (nSPS) is 25.7. The van der Waals surface area contributed by atoms with Gasteiger partial charge >= 0.3 is 0 Å². The number of hydrogen-bond donors (Lipinski definition) is 3. The summed E-state index contributed by atoms with van der Waals surface area (Å²) in [5.74, 6) is 0. The summed E-state index contributed by atoms with van der Waals surface area (Å²) >= 11 is 1.38. The summed E-state index contributed by atoms with van der Waals surface area (Å²) in [6.07, 6.45) is 3.05. The first kappa shape index (κ1) is 12.8. The molecular weight excluding hydrogens is 234 g/mol. The molecule has 0 atom stereocenters. The molecule has 0 unspecified atom stereocenters. The van der Waals surface area contributed by atoms with Crippen LogP contribution >= 0.6 is 11.3 Å². The Bertz CT molecular complexity index is 409. The molecule has 1 fully saturated rings. The Morgan fingerprint density at radius 1 is 1.29 bits per heavy atom. The molecule has 0 radical (unpaired) electrons. The summed E-state index contributed by atoms with van der Waals surface area (Å²) in [5.41, 5.74) is 4.63. The quantitative estimate of drug-likeness (QED) is 0.716. The Hall–Kier alpha value is -0.650. The molecular formula is C12H21N3OS. The maximum atomic E-state index is 10.9. The van der Waals surface area contributed by atoms with Gasteiger partial charge in [-0.05, 0) is 40.5 Å². The Balaban J connectivity index is 2.36. The molecule has 4 nitrogen and oxygen atoms in total. The molecule has 0 aromatic carbocycles. The van der Waals surface area contributed by atoms with E-state index >= 15 is 0 Å². The lowest BCUT2D eigenvalue weighted by Crippen LogP contribution is -2.62. The van der Waals surface area contributed by atoms with Crippen molar-refractivity contribution < 1.29 is 5.11 Å². The SMILES string of the molecule is CC1(C)CC(O)(c2cnc(N)s2)CC(C)(C)N1. The van der Waals surface area contributed by atoms with E-state index in [0.717, 1.165) is 4.88 Å². The Kier molecular flexibility index (Phi) is 2.76. The zero-order valence-electron chi connectivity index (χ0n) is 10.9. The summed E-state index contributed by atoms with van der Waals surface area (Å²) in [4.78, 5) is 4.92. The lowest BCUT2D eigenvalue weighted by Gasteiger charge is -2.50. The molecule has 1 aromatic rings. The fourth-order valence-electron chi connectivity index (χ4n) is 3.21. The topological polar surface area (TPSA) is 71.2 Å². The van der Waals surface area contributed by atoms with Gasteiger partial charge < -0.3 is 16.2 Å². The van der Waals surface area contributed by atoms with Gasteiger partial charge in [-0.2, -0.15) is 0 Å². The van der Waals surface area contributed by atoms with E-state index in [2.05, 4.69) is 38.0 Å². The number of hydrogen-bond acceptors (Lipinski definition) is 5. The second-order valence-electron chi connectivity index (χ2n) is 6.34. The molecule has 1 saturated heterocycles. The van der Waals surface area contributed by atoms with Crippen LogP contribution < -0.4 is 11.1 Å². The molecule has 2 heterocycles. The molecule has 17 heavy (non-hydrogen) atoms. The fraction of sp³-hybridized carbons (Fsp3) is 0.750. The maximum Gasteiger partial charge on any atom is 0.180 e. The average molecular weight is 255 g/mol. The lowest BCUT2D eigenvalue weighted by atomic mass is 9.72. The van der Waals surface area contributed by atoms with Crippen molar-refractivity contribution in [3.63, 3.8) is 0 Å². The monoisotopic (exact) mass is 255 g/mol. The highest BCUT2D eigenvalue weighted by Gasteiger charge is 2.47. The molecule has 1 aliphatic rings. The number of nitrogen functional groups attached to an aromatic ring is 1. The highest BCUT2D eigenvalue weighted by Crippen LogP contribution is 2.44. The van der Waals surface area contributed by atoms with E-state index in [-0.39, 0.29) is 11.1 Å². The van der Waals surface area contributed by atoms with Crippen LogP contribution in [0.5, 0.6) is 0 Å². The van der Waals surface area contributed by atoms with Gasteiger partial charge in [0, 0.05) is 17.3 Å². The number of aromatic nitrogens is 1. The number of rotatable bonds is 1. The fourth-order valence-corrected chi connectivity index (χ4v) is 3.98. The van der Waals surface area contributed by atoms with Crippen LogP contribution in [0.25, 0.3) is 0 Å². The molecule has 0 bridgehead atoms. The van der Waals surface area contributed by atoms with Crippen LogP contribution in [0.2, 0.25) is 0 Å². The Morgan fingerprint density at radius 3 is 2.24 bits per heavy atom. The Labute approximate surface area is 106 Å². The summed E-state index contributed by atoms with van der Waals surface area (Å²) in [6, 6.07) is 0. The molecule has 0 saturated carbocycles. The predicted molar refractivity (Wildman–Crippen MR) is 71.0 cm³/mol. The van der Waals surface area contributed by atoms with Crippen LogP contribution in [0.4, 0.5) is 5.13 Å². The molecule has 0 aliphatic carbocycles. The van der Waals surface area contributed by atoms with Crippen molar-refractivity contribution >= 4 is 16.5 Å². The van der Waals surface area contributed by atoms with Gasteiger partial charge in [-0.1, -0.05) is 11.3 Å². The van der Waals surface area contributed by atoms with E-state index in [0.29, 0.717) is 18.0 Å². The number of nitrogens with one attached hydrogen (secondary N) is 1. The van der Waals surface area contributed by atoms with E-state index in [4.69, 9.17) is 5.73 Å². The van der Waals surface area contributed by atoms with Gasteiger partial charge in [0.15, 0.2) is 5.13 Å². The van der Waals surface area contributed by atoms with E-state index in [1.54, 1.807) is 6.20 Å². The third-order valence-corrected chi connectivity index (χ3v) is 4.15. The minimum absolute atomic E-state index is 0.102. The van der Waals surface area contributed by atoms with Crippen molar-refractivity contribution in [2.75, 3.05) is 5.73 Å². The van der Waals surface area contributed by atoms with Crippen LogP contribution in [-0.2, 0) is 5.60 Å². The first-order chi connectivity index (χ1) is 7.62. The first-order valence-corrected chi connectivity index (χ1v) is 6.67. The van der Waals surface area contributed by atoms with Crippen molar-refractivity contribution in [3.05, 3.63) is 11.1 Å². The van der Waals surface area contributed by atoms with Crippen LogP contribution in [0.15, 0.2) is 6.20 Å². The maximum absolute atomic E-state index is 10.9. The van der Waals surface area contributed by atoms with Crippen LogP contribution in [0, 0.1) is 0 Å². The third-order valence-electron chi connectivity index (χ3n) is 3.13. The van der Waals surface area contributed by atoms with E-state index in [1.807, 2.05) is 0 Å². The van der Waals surface area contributed by atoms with Gasteiger partial charge in [0.25, 0.3) is 0 Å². The van der Waals surface area contributed by atoms with Crippen LogP contribution in [0.3, 0.4) is 0 Å². The first-order valence-electron chi connectivity index (χ1n) is 5.86. The lowest BCUT2D eigenvalue weighted by molar-refractivity contribution is -0.0588. The second kappa shape index (κ2) is 3.67. The molecule has 0 amide bonds. The van der Waals surface area contributed by atoms with Crippen molar-refractivity contribution in [1.82, 2.24) is 10.3 Å². The van der Waals surface area contributed by atoms with Gasteiger partial charge in [0.1, 0.15) is 5.60 Å². The smallest absolute Gasteiger partial charge is 0.180 e. The van der Waals surface area contributed by atoms with Gasteiger partial charge in [-0.15, -0.1) is 0 Å². The third kappa shape index (κ3) is 2.61. The van der Waals surface area contributed by atoms with Crippen molar-refractivity contribution in [2.45, 2.75) is 57.2 Å². The number of aliphatic hydroxyl groups is 1. The highest BCUT2D eigenvalue weighted by molar-refractivity contribution is 7.15. The van der Waals surface area contributed by atoms with Crippen molar-refractivity contribution in [3.8, 4) is 0 Å². The van der Waals surface area contributed by atoms with Crippen molar-refractivity contribution in [2.24, 2.45) is 0 Å². The highest BCUT2D eigenvalue weighted by atomic mass is 32.1. The van der Waals surface area contributed by atoms with Gasteiger partial charge in [0.05, 0.1) is 4.88 Å². The molecule has 0 spiro atoms. The zero-order chi connectivity index (χ0) is 12.9. The standard InChI is InChI=1S/C12H21N3OS/c1-10(2)6-12(16,7-11(3,4)15-10)8-5-14-9(13)17-8/h5,15-16H,6-7H2,1-4H3,(H2,13,14). The van der Waals surface area contributed by atoms with Crippen molar-refractivity contribution in [1.29, 1.82) is 0 Å². The van der Waals surface area contributed by atoms with Crippen LogP contribution in [-0.4, -0.2) is 21.2 Å². The van der Waals surface area contributed by atoms with Gasteiger partial charge in [-0.25, -0.2) is 4.98 Å². The summed E-state index contributed by atoms with van der Waals surface area (Å²) < 4.78 is 0. The Morgan fingerprint density at radius 2 is 1.82 bits per heavy atom. The molecule has 2 rings (SSSR count). The zero-order valence-corrected chi connectivity index (χ0v) is 11.7. The van der Waals surface area contributed by atoms with Gasteiger partial charge in [0.2, 0.25) is 0 Å². The molecule has 1 aromatic heterocycles. The summed E-state index contributed by atoms with van der Waals surface area (Å²) in [7, 11) is 0. The summed E-state index contributed by atoms with van der Waals surface area (Å²) in [6.45, 7) is 8.46. The molecule has 96 valence electrons. The minimum Gasteiger partial charge on any atom is -0.384 e. The number of nitrogens with zero attached hydrogens (tertiary/aromatic N) is 1. The molecule has 5 heteroatoms. The number of anilines is 1. The predicted octanol–water partition coefficient (Wildman–Crippen LogP) is 1.85. The second-order valence-corrected chi connectivity index (χ2v) is 7.40. The van der Waals surface area contributed by atoms with Gasteiger partial charge in [-0.3, -0.25) is 0 Å². The van der Waals surface area contributed by atoms with Crippen LogP contribution in [0.1, 0.15) is 45.4 Å². The minimum atomic E-state index is -0.826. The molecule has 1 aliphatic heterocycles. The number of nitrogens with two attached hydrogens (primary N) is 1. The average Bonchev–Trinajstić information content (AvgIpc) is 2.44. The largest absolute Gasteiger partial charge is 0.384 e. The number of thiazole rings is 1. The van der Waals surface area contributed by atoms with E-state index < -0.39 is 5.60 Å². The molecule has 4 N–H and O–H groups in total. The summed E-state index contributed by atoms with van der Waals surface area (Å²) in [5, 5.41) is 15.0. The van der Waals surface area contributed by atoms with E-state index in [1.165, 1.54) is 11.3 Å².